The van der Waals surface area contributed by atoms with Crippen molar-refractivity contribution in [1.29, 1.82) is 0 Å². The van der Waals surface area contributed by atoms with Gasteiger partial charge in [-0.25, -0.2) is 21.3 Å². The number of nitrogens with one attached hydrogen (secondary N) is 10. The number of carbonyl (C=O) groups is 10. The molecule has 85 heavy (non-hydrogen) atoms. The Morgan fingerprint density at radius 1 is 0.376 bits per heavy atom. The van der Waals surface area contributed by atoms with Crippen LogP contribution in [0.25, 0.3) is 0 Å². The van der Waals surface area contributed by atoms with Crippen LogP contribution in [0.2, 0.25) is 0 Å². The average Bonchev–Trinajstić information content (AvgIpc) is 3.60. The maximum atomic E-state index is 13.7. The molecule has 14 N–H and O–H groups in total. The van der Waals surface area contributed by atoms with Gasteiger partial charge in [0.05, 0.1) is 34.5 Å². The molecule has 32 heteroatoms. The quantitative estimate of drug-likeness (QED) is 0.0135. The lowest BCUT2D eigenvalue weighted by Gasteiger charge is -2.21. The summed E-state index contributed by atoms with van der Waals surface area (Å²) in [7, 11) is 7.16. The average molecular weight is 1310 g/mol. The standard InChI is InChI=1S/C53H96N16O10S6/c1-4-7-10-13-16-19-26-62-67-48(75)38-83-80-35-45(72)58-31-29-56-43(70)24-22-41(51(78)61-34-33-60-47(74)37-82-85-40-50(77)69-64-28-21-18-15-12-9-6-3)65-52(79)42(66-53(54)55)23-25-44(71)57-30-32-59-46(73)36-81-84-39-49(76)68-63-27-20-17-14-11-8-5-2/h26-28,41-42H,4-25,29-40H2,1-3H3,(H,56,70)(H,57,71)(H,58,72)(H,59,73)(H,60,74)(H,61,78)(H,65,79)(H,67,75)(H,68,76)(H,69,77)(H4,54,55,66)/b62-26-,63-27-,64-28-/t41-,42-/m0/s1. The molecular weight excluding hydrogens is 1210 g/mol. The van der Waals surface area contributed by atoms with E-state index in [0.717, 1.165) is 57.8 Å². The minimum atomic E-state index is -1.33. The lowest BCUT2D eigenvalue weighted by atomic mass is 10.1. The molecule has 0 saturated carbocycles. The minimum Gasteiger partial charge on any atom is -0.370 e. The van der Waals surface area contributed by atoms with Crippen molar-refractivity contribution in [3.8, 4) is 0 Å². The Hall–Kier alpha value is -4.92. The molecule has 0 unspecified atom stereocenters. The second kappa shape index (κ2) is 58.1. The summed E-state index contributed by atoms with van der Waals surface area (Å²) in [5, 5.41) is 30.4. The third-order valence-electron chi connectivity index (χ3n) is 11.4. The van der Waals surface area contributed by atoms with E-state index >= 15 is 0 Å². The lowest BCUT2D eigenvalue weighted by Crippen LogP contribution is -2.51. The van der Waals surface area contributed by atoms with Gasteiger partial charge >= 0.3 is 0 Å². The number of carbonyl (C=O) groups excluding carboxylic acids is 10. The third kappa shape index (κ3) is 54.2. The molecule has 0 heterocycles. The van der Waals surface area contributed by atoms with E-state index in [9.17, 15) is 47.9 Å². The molecule has 10 amide bonds. The molecule has 0 radical (unpaired) electrons. The van der Waals surface area contributed by atoms with Gasteiger partial charge in [-0.15, -0.1) is 0 Å². The fourth-order valence-electron chi connectivity index (χ4n) is 6.89. The van der Waals surface area contributed by atoms with Crippen molar-refractivity contribution in [3.05, 3.63) is 0 Å². The zero-order valence-corrected chi connectivity index (χ0v) is 54.8. The summed E-state index contributed by atoms with van der Waals surface area (Å²) in [6.07, 6.45) is 23.7. The van der Waals surface area contributed by atoms with Crippen molar-refractivity contribution < 1.29 is 47.9 Å². The van der Waals surface area contributed by atoms with Gasteiger partial charge in [0.2, 0.25) is 41.4 Å². The smallest absolute Gasteiger partial charge is 0.250 e. The van der Waals surface area contributed by atoms with Gasteiger partial charge in [-0.1, -0.05) is 163 Å². The van der Waals surface area contributed by atoms with Gasteiger partial charge in [0.25, 0.3) is 17.7 Å². The van der Waals surface area contributed by atoms with Gasteiger partial charge in [-0.3, -0.25) is 47.9 Å². The number of guanidine groups is 1. The lowest BCUT2D eigenvalue weighted by molar-refractivity contribution is -0.130. The molecule has 0 aliphatic heterocycles. The van der Waals surface area contributed by atoms with Gasteiger partial charge in [0, 0.05) is 70.8 Å². The maximum Gasteiger partial charge on any atom is 0.250 e. The molecule has 0 saturated heterocycles. The highest BCUT2D eigenvalue weighted by Gasteiger charge is 2.27. The Balaban J connectivity index is 5.15. The topological polar surface area (TPSA) is 392 Å². The number of nitrogens with two attached hydrogens (primary N) is 2. The molecule has 26 nitrogen and oxygen atoms in total. The first-order chi connectivity index (χ1) is 41.1. The van der Waals surface area contributed by atoms with E-state index in [1.807, 2.05) is 0 Å². The fraction of sp³-hybridized carbons (Fsp3) is 0.736. The second-order valence-corrected chi connectivity index (χ2v) is 26.4. The van der Waals surface area contributed by atoms with Gasteiger partial charge in [-0.05, 0) is 51.4 Å². The Labute approximate surface area is 526 Å². The van der Waals surface area contributed by atoms with E-state index in [0.29, 0.717) is 0 Å². The Kier molecular flexibility index (Phi) is 54.8. The summed E-state index contributed by atoms with van der Waals surface area (Å²) >= 11 is 0. The fourth-order valence-corrected chi connectivity index (χ4v) is 12.0. The van der Waals surface area contributed by atoms with Crippen LogP contribution in [0.3, 0.4) is 0 Å². The van der Waals surface area contributed by atoms with E-state index in [-0.39, 0.29) is 135 Å². The minimum absolute atomic E-state index is 0.0144. The van der Waals surface area contributed by atoms with Crippen LogP contribution in [0.1, 0.15) is 162 Å². The molecule has 484 valence electrons. The number of aliphatic imine (C=N–C) groups is 1. The normalized spacial score (nSPS) is 11.8. The highest BCUT2D eigenvalue weighted by atomic mass is 33.1. The number of unbranched alkanes of at least 4 members (excludes halogenated alkanes) is 15. The van der Waals surface area contributed by atoms with E-state index in [1.54, 1.807) is 18.6 Å². The van der Waals surface area contributed by atoms with Crippen LogP contribution in [0.4, 0.5) is 0 Å². The Morgan fingerprint density at radius 3 is 1.02 bits per heavy atom. The predicted octanol–water partition coefficient (Wildman–Crippen LogP) is 3.90. The summed E-state index contributed by atoms with van der Waals surface area (Å²) in [5.41, 5.74) is 18.7. The Morgan fingerprint density at radius 2 is 0.682 bits per heavy atom. The predicted molar refractivity (Wildman–Crippen MR) is 353 cm³/mol. The van der Waals surface area contributed by atoms with Crippen molar-refractivity contribution in [2.75, 3.05) is 73.8 Å². The first kappa shape index (κ1) is 80.1. The van der Waals surface area contributed by atoms with Crippen molar-refractivity contribution in [2.45, 2.75) is 174 Å². The highest BCUT2D eigenvalue weighted by Crippen LogP contribution is 2.21. The number of amides is 10. The molecule has 0 aromatic rings. The van der Waals surface area contributed by atoms with E-state index in [4.69, 9.17) is 11.5 Å². The van der Waals surface area contributed by atoms with Crippen molar-refractivity contribution in [3.63, 3.8) is 0 Å². The molecular formula is C53H96N16O10S6. The van der Waals surface area contributed by atoms with Crippen molar-refractivity contribution in [1.82, 2.24) is 53.5 Å². The van der Waals surface area contributed by atoms with Crippen LogP contribution in [-0.2, 0) is 47.9 Å². The summed E-state index contributed by atoms with van der Waals surface area (Å²) in [6.45, 7) is 6.76. The Bertz CT molecular complexity index is 2050. The summed E-state index contributed by atoms with van der Waals surface area (Å²) in [5.74, 6) is -4.32. The molecule has 0 rings (SSSR count). The maximum absolute atomic E-state index is 13.7. The van der Waals surface area contributed by atoms with Crippen LogP contribution < -0.4 is 65.0 Å². The van der Waals surface area contributed by atoms with E-state index in [1.165, 1.54) is 123 Å². The van der Waals surface area contributed by atoms with Crippen LogP contribution in [0.15, 0.2) is 20.3 Å². The number of rotatable bonds is 55. The number of hydrazone groups is 3. The molecule has 2 atom stereocenters. The highest BCUT2D eigenvalue weighted by molar-refractivity contribution is 8.77. The van der Waals surface area contributed by atoms with Gasteiger partial charge in [0.15, 0.2) is 5.96 Å². The van der Waals surface area contributed by atoms with Gasteiger partial charge in [-0.2, -0.15) is 15.3 Å². The van der Waals surface area contributed by atoms with Gasteiger partial charge < -0.3 is 48.7 Å². The summed E-state index contributed by atoms with van der Waals surface area (Å²) < 4.78 is 0. The molecule has 0 bridgehead atoms. The molecule has 0 spiro atoms. The zero-order chi connectivity index (χ0) is 62.8. The van der Waals surface area contributed by atoms with Crippen LogP contribution in [-0.4, -0.2) is 170 Å². The first-order valence-electron chi connectivity index (χ1n) is 29.3. The third-order valence-corrected chi connectivity index (χ3v) is 17.8. The SMILES string of the molecule is CCCCCCC/C=N\NC(=O)CSSCC(=O)NCCNC(=O)CC[C@H](N=C(N)N)C(=O)N[C@@H](CCC(=O)NCCNC(=O)CSSCC(=O)N/N=C\CCCCCCC)C(=O)NCCNC(=O)CSSCC(=O)N/N=C\CCCCCCC. The van der Waals surface area contributed by atoms with Crippen molar-refractivity contribution in [2.24, 2.45) is 31.8 Å². The molecule has 0 aromatic heterocycles. The van der Waals surface area contributed by atoms with Crippen LogP contribution in [0, 0.1) is 0 Å². The molecule has 0 fully saturated rings. The van der Waals surface area contributed by atoms with Gasteiger partial charge in [0.1, 0.15) is 12.1 Å². The molecule has 0 aliphatic carbocycles. The first-order valence-corrected chi connectivity index (χ1v) is 36.7. The number of nitrogens with zero attached hydrogens (tertiary/aromatic N) is 4. The number of hydrogen-bond acceptors (Lipinski definition) is 20. The zero-order valence-electron chi connectivity index (χ0n) is 49.9. The summed E-state index contributed by atoms with van der Waals surface area (Å²) in [4.78, 5) is 130. The van der Waals surface area contributed by atoms with Crippen molar-refractivity contribution >= 4 is 148 Å². The number of hydrogen-bond donors (Lipinski definition) is 12. The monoisotopic (exact) mass is 1310 g/mol. The van der Waals surface area contributed by atoms with Crippen LogP contribution in [0.5, 0.6) is 0 Å². The summed E-state index contributed by atoms with van der Waals surface area (Å²) in [6, 6.07) is -2.63. The molecule has 0 aliphatic rings. The van der Waals surface area contributed by atoms with E-state index < -0.39 is 41.7 Å². The second-order valence-electron chi connectivity index (χ2n) is 19.0. The molecule has 0 aromatic carbocycles. The largest absolute Gasteiger partial charge is 0.370 e. The van der Waals surface area contributed by atoms with Crippen LogP contribution >= 0.6 is 64.8 Å². The van der Waals surface area contributed by atoms with E-state index in [2.05, 4.69) is 94.6 Å².